The van der Waals surface area contributed by atoms with E-state index in [1.165, 1.54) is 6.07 Å². The lowest BCUT2D eigenvalue weighted by atomic mass is 10.1. The average Bonchev–Trinajstić information content (AvgIpc) is 2.38. The number of aromatic hydroxyl groups is 1. The van der Waals surface area contributed by atoms with E-state index in [2.05, 4.69) is 25.7 Å². The highest BCUT2D eigenvalue weighted by atomic mass is 19.1. The summed E-state index contributed by atoms with van der Waals surface area (Å²) in [5.74, 6) is -0.741. The van der Waals surface area contributed by atoms with E-state index in [0.29, 0.717) is 18.2 Å². The summed E-state index contributed by atoms with van der Waals surface area (Å²) >= 11 is 0. The number of hydrogen-bond donors (Lipinski definition) is 1. The minimum Gasteiger partial charge on any atom is -0.505 e. The fourth-order valence-corrected chi connectivity index (χ4v) is 1.98. The van der Waals surface area contributed by atoms with Gasteiger partial charge in [-0.3, -0.25) is 4.90 Å². The Balaban J connectivity index is 2.78. The van der Waals surface area contributed by atoms with Crippen LogP contribution < -0.4 is 0 Å². The fourth-order valence-electron chi connectivity index (χ4n) is 1.98. The number of halogens is 1. The summed E-state index contributed by atoms with van der Waals surface area (Å²) in [5.41, 5.74) is 0.673. The largest absolute Gasteiger partial charge is 0.505 e. The van der Waals surface area contributed by atoms with Crippen molar-refractivity contribution in [3.63, 3.8) is 0 Å². The van der Waals surface area contributed by atoms with E-state index in [0.717, 1.165) is 25.8 Å². The smallest absolute Gasteiger partial charge is 0.165 e. The molecule has 102 valence electrons. The van der Waals surface area contributed by atoms with Crippen molar-refractivity contribution in [1.82, 2.24) is 4.90 Å². The monoisotopic (exact) mass is 253 g/mol. The van der Waals surface area contributed by atoms with Crippen LogP contribution >= 0.6 is 0 Å². The van der Waals surface area contributed by atoms with E-state index in [1.807, 2.05) is 0 Å². The van der Waals surface area contributed by atoms with Crippen molar-refractivity contribution in [3.8, 4) is 5.75 Å². The van der Waals surface area contributed by atoms with Crippen LogP contribution in [0.2, 0.25) is 0 Å². The van der Waals surface area contributed by atoms with Gasteiger partial charge in [-0.25, -0.2) is 4.39 Å². The second-order valence-corrected chi connectivity index (χ2v) is 4.83. The number of unbranched alkanes of at least 4 members (excludes halogenated alkanes) is 1. The Labute approximate surface area is 109 Å². The van der Waals surface area contributed by atoms with Gasteiger partial charge in [-0.05, 0) is 32.4 Å². The van der Waals surface area contributed by atoms with Crippen molar-refractivity contribution < 1.29 is 9.50 Å². The molecule has 0 amide bonds. The molecule has 0 aliphatic heterocycles. The summed E-state index contributed by atoms with van der Waals surface area (Å²) < 4.78 is 13.3. The summed E-state index contributed by atoms with van der Waals surface area (Å²) in [7, 11) is 0. The number of phenols is 1. The van der Waals surface area contributed by atoms with Gasteiger partial charge in [0.05, 0.1) is 0 Å². The molecule has 1 aromatic rings. The predicted molar refractivity (Wildman–Crippen MR) is 73.1 cm³/mol. The Morgan fingerprint density at radius 2 is 2.06 bits per heavy atom. The Kier molecular flexibility index (Phi) is 6.13. The van der Waals surface area contributed by atoms with Crippen molar-refractivity contribution >= 4 is 0 Å². The average molecular weight is 253 g/mol. The first-order chi connectivity index (χ1) is 8.60. The third kappa shape index (κ3) is 3.98. The van der Waals surface area contributed by atoms with Crippen LogP contribution in [0.3, 0.4) is 0 Å². The van der Waals surface area contributed by atoms with Crippen LogP contribution in [0.5, 0.6) is 5.75 Å². The van der Waals surface area contributed by atoms with Crippen LogP contribution in [0, 0.1) is 5.82 Å². The summed E-state index contributed by atoms with van der Waals surface area (Å²) in [6, 6.07) is 5.18. The van der Waals surface area contributed by atoms with Crippen molar-refractivity contribution in [1.29, 1.82) is 0 Å². The molecule has 0 saturated heterocycles. The molecule has 0 heterocycles. The third-order valence-corrected chi connectivity index (χ3v) is 3.46. The molecule has 1 aromatic carbocycles. The highest BCUT2D eigenvalue weighted by Gasteiger charge is 2.15. The lowest BCUT2D eigenvalue weighted by Gasteiger charge is -2.28. The molecule has 1 unspecified atom stereocenters. The number of nitrogens with zero attached hydrogens (tertiary/aromatic N) is 1. The summed E-state index contributed by atoms with van der Waals surface area (Å²) in [4.78, 5) is 2.30. The summed E-state index contributed by atoms with van der Waals surface area (Å²) in [6.07, 6.45) is 3.32. The number of benzene rings is 1. The van der Waals surface area contributed by atoms with Crippen LogP contribution in [-0.4, -0.2) is 22.6 Å². The molecule has 1 atom stereocenters. The lowest BCUT2D eigenvalue weighted by molar-refractivity contribution is 0.189. The van der Waals surface area contributed by atoms with E-state index in [4.69, 9.17) is 0 Å². The minimum atomic E-state index is -0.535. The van der Waals surface area contributed by atoms with E-state index in [9.17, 15) is 9.50 Å². The van der Waals surface area contributed by atoms with E-state index in [-0.39, 0.29) is 5.75 Å². The van der Waals surface area contributed by atoms with E-state index in [1.54, 1.807) is 12.1 Å². The first kappa shape index (κ1) is 15.0. The Morgan fingerprint density at radius 1 is 1.33 bits per heavy atom. The first-order valence-corrected chi connectivity index (χ1v) is 6.80. The van der Waals surface area contributed by atoms with Crippen molar-refractivity contribution in [2.75, 3.05) is 6.54 Å². The molecule has 0 saturated carbocycles. The molecule has 0 spiro atoms. The Morgan fingerprint density at radius 3 is 2.67 bits per heavy atom. The Bertz CT molecular complexity index is 368. The Hall–Kier alpha value is -1.09. The molecule has 3 heteroatoms. The molecule has 0 radical (unpaired) electrons. The normalized spacial score (nSPS) is 12.9. The molecule has 18 heavy (non-hydrogen) atoms. The van der Waals surface area contributed by atoms with Gasteiger partial charge >= 0.3 is 0 Å². The molecule has 0 bridgehead atoms. The molecular weight excluding hydrogens is 229 g/mol. The van der Waals surface area contributed by atoms with Gasteiger partial charge in [0, 0.05) is 18.2 Å². The molecule has 2 nitrogen and oxygen atoms in total. The molecule has 1 N–H and O–H groups in total. The fraction of sp³-hybridized carbons (Fsp3) is 0.600. The number of rotatable bonds is 7. The van der Waals surface area contributed by atoms with Crippen LogP contribution in [-0.2, 0) is 6.54 Å². The number of hydrogen-bond acceptors (Lipinski definition) is 2. The maximum absolute atomic E-state index is 13.3. The first-order valence-electron chi connectivity index (χ1n) is 6.80. The standard InChI is InChI=1S/C15H24FNO/c1-4-6-10-17(12(3)5-2)11-13-8-7-9-14(16)15(13)18/h7-9,12,18H,4-6,10-11H2,1-3H3. The zero-order chi connectivity index (χ0) is 13.5. The predicted octanol–water partition coefficient (Wildman–Crippen LogP) is 3.93. The topological polar surface area (TPSA) is 23.5 Å². The van der Waals surface area contributed by atoms with Gasteiger partial charge in [0.15, 0.2) is 11.6 Å². The van der Waals surface area contributed by atoms with Gasteiger partial charge in [-0.1, -0.05) is 32.4 Å². The van der Waals surface area contributed by atoms with Crippen molar-refractivity contribution in [3.05, 3.63) is 29.6 Å². The quantitative estimate of drug-likeness (QED) is 0.795. The van der Waals surface area contributed by atoms with Crippen molar-refractivity contribution in [2.24, 2.45) is 0 Å². The van der Waals surface area contributed by atoms with Gasteiger partial charge in [0.25, 0.3) is 0 Å². The maximum Gasteiger partial charge on any atom is 0.165 e. The van der Waals surface area contributed by atoms with Gasteiger partial charge in [-0.2, -0.15) is 0 Å². The maximum atomic E-state index is 13.3. The van der Waals surface area contributed by atoms with Crippen LogP contribution in [0.4, 0.5) is 4.39 Å². The highest BCUT2D eigenvalue weighted by Crippen LogP contribution is 2.23. The molecule has 0 fully saturated rings. The molecule has 0 aromatic heterocycles. The molecule has 1 rings (SSSR count). The number of phenolic OH excluding ortho intramolecular Hbond substituents is 1. The zero-order valence-electron chi connectivity index (χ0n) is 11.6. The second-order valence-electron chi connectivity index (χ2n) is 4.83. The summed E-state index contributed by atoms with van der Waals surface area (Å²) in [5, 5.41) is 9.72. The van der Waals surface area contributed by atoms with Gasteiger partial charge < -0.3 is 5.11 Å². The van der Waals surface area contributed by atoms with Crippen LogP contribution in [0.15, 0.2) is 18.2 Å². The van der Waals surface area contributed by atoms with Gasteiger partial charge in [-0.15, -0.1) is 0 Å². The van der Waals surface area contributed by atoms with E-state index < -0.39 is 5.82 Å². The van der Waals surface area contributed by atoms with Crippen LogP contribution in [0.1, 0.15) is 45.6 Å². The van der Waals surface area contributed by atoms with Gasteiger partial charge in [0.1, 0.15) is 0 Å². The van der Waals surface area contributed by atoms with E-state index >= 15 is 0 Å². The summed E-state index contributed by atoms with van der Waals surface area (Å²) in [6.45, 7) is 8.08. The van der Waals surface area contributed by atoms with Crippen LogP contribution in [0.25, 0.3) is 0 Å². The van der Waals surface area contributed by atoms with Gasteiger partial charge in [0.2, 0.25) is 0 Å². The van der Waals surface area contributed by atoms with Crippen molar-refractivity contribution in [2.45, 2.75) is 52.6 Å². The molecule has 0 aliphatic rings. The molecular formula is C15H24FNO. The third-order valence-electron chi connectivity index (χ3n) is 3.46. The lowest BCUT2D eigenvalue weighted by Crippen LogP contribution is -2.33. The molecule has 0 aliphatic carbocycles. The number of para-hydroxylation sites is 1. The zero-order valence-corrected chi connectivity index (χ0v) is 11.6. The highest BCUT2D eigenvalue weighted by molar-refractivity contribution is 5.33. The SMILES string of the molecule is CCCCN(Cc1cccc(F)c1O)C(C)CC. The minimum absolute atomic E-state index is 0.206. The second kappa shape index (κ2) is 7.37.